The van der Waals surface area contributed by atoms with Crippen LogP contribution in [0.25, 0.3) is 23.4 Å². The van der Waals surface area contributed by atoms with Crippen LogP contribution in [0.4, 0.5) is 4.79 Å². The third kappa shape index (κ3) is 7.13. The standard InChI is InChI=1S/C31H32N4O4/c1-22(2)21-39-26-14-11-24(12-15-26)10-13-25-18-27(37-3)19-29(38-4)30(25)28-20-33-34-35(28)31(36)32-17-16-23-8-6-5-7-9-23/h5-15,18-20H,1,16-17,21H2,2-4H3,(H,32,36)/b13-10+. The highest BCUT2D eigenvalue weighted by Crippen LogP contribution is 2.38. The number of hydrogen-bond acceptors (Lipinski definition) is 6. The molecular formula is C31H32N4O4. The van der Waals surface area contributed by atoms with Crippen LogP contribution in [0.1, 0.15) is 23.6 Å². The van der Waals surface area contributed by atoms with E-state index in [9.17, 15) is 4.79 Å². The van der Waals surface area contributed by atoms with E-state index in [-0.39, 0.29) is 6.03 Å². The number of rotatable bonds is 11. The predicted octanol–water partition coefficient (Wildman–Crippen LogP) is 5.89. The monoisotopic (exact) mass is 524 g/mol. The summed E-state index contributed by atoms with van der Waals surface area (Å²) < 4.78 is 18.1. The molecule has 0 aliphatic heterocycles. The first-order valence-corrected chi connectivity index (χ1v) is 12.5. The Morgan fingerprint density at radius 2 is 1.77 bits per heavy atom. The highest BCUT2D eigenvalue weighted by atomic mass is 16.5. The first kappa shape index (κ1) is 27.2. The number of ether oxygens (including phenoxy) is 3. The van der Waals surface area contributed by atoms with Crippen LogP contribution in [-0.4, -0.2) is 48.4 Å². The van der Waals surface area contributed by atoms with Crippen molar-refractivity contribution in [3.05, 3.63) is 102 Å². The van der Waals surface area contributed by atoms with Crippen molar-refractivity contribution in [2.75, 3.05) is 27.4 Å². The summed E-state index contributed by atoms with van der Waals surface area (Å²) in [4.78, 5) is 13.1. The smallest absolute Gasteiger partial charge is 0.344 e. The Balaban J connectivity index is 1.60. The van der Waals surface area contributed by atoms with E-state index in [1.807, 2.05) is 79.7 Å². The van der Waals surface area contributed by atoms with Crippen molar-refractivity contribution in [3.63, 3.8) is 0 Å². The van der Waals surface area contributed by atoms with E-state index >= 15 is 0 Å². The summed E-state index contributed by atoms with van der Waals surface area (Å²) in [6, 6.07) is 21.0. The number of amides is 1. The summed E-state index contributed by atoms with van der Waals surface area (Å²) in [6.45, 7) is 6.72. The largest absolute Gasteiger partial charge is 0.497 e. The molecule has 0 fully saturated rings. The minimum atomic E-state index is -0.378. The minimum absolute atomic E-state index is 0.378. The third-order valence-electron chi connectivity index (χ3n) is 5.91. The molecule has 0 spiro atoms. The van der Waals surface area contributed by atoms with Crippen LogP contribution in [-0.2, 0) is 6.42 Å². The van der Waals surface area contributed by atoms with Gasteiger partial charge in [-0.3, -0.25) is 0 Å². The van der Waals surface area contributed by atoms with Crippen molar-refractivity contribution in [2.24, 2.45) is 0 Å². The topological polar surface area (TPSA) is 87.5 Å². The predicted molar refractivity (Wildman–Crippen MR) is 153 cm³/mol. The Kier molecular flexibility index (Phi) is 9.13. The lowest BCUT2D eigenvalue weighted by Gasteiger charge is -2.15. The average molecular weight is 525 g/mol. The SMILES string of the molecule is C=C(C)COc1ccc(/C=C/c2cc(OC)cc(OC)c2-c2cnnn2C(=O)NCCc2ccccc2)cc1. The number of nitrogens with one attached hydrogen (secondary N) is 1. The number of nitrogens with zero attached hydrogens (tertiary/aromatic N) is 3. The fourth-order valence-electron chi connectivity index (χ4n) is 3.95. The van der Waals surface area contributed by atoms with Gasteiger partial charge in [-0.15, -0.1) is 5.10 Å². The van der Waals surface area contributed by atoms with Gasteiger partial charge in [-0.25, -0.2) is 4.79 Å². The number of carbonyl (C=O) groups excluding carboxylic acids is 1. The van der Waals surface area contributed by atoms with E-state index in [4.69, 9.17) is 14.2 Å². The van der Waals surface area contributed by atoms with Gasteiger partial charge in [-0.2, -0.15) is 4.68 Å². The molecule has 0 aliphatic carbocycles. The summed E-state index contributed by atoms with van der Waals surface area (Å²) in [6.07, 6.45) is 6.16. The minimum Gasteiger partial charge on any atom is -0.497 e. The van der Waals surface area contributed by atoms with Crippen LogP contribution in [0.15, 0.2) is 85.1 Å². The maximum absolute atomic E-state index is 13.1. The molecule has 3 aromatic carbocycles. The molecule has 1 aromatic heterocycles. The fraction of sp³-hybridized carbons (Fsp3) is 0.194. The van der Waals surface area contributed by atoms with Crippen LogP contribution < -0.4 is 19.5 Å². The van der Waals surface area contributed by atoms with Crippen molar-refractivity contribution >= 4 is 18.2 Å². The highest BCUT2D eigenvalue weighted by Gasteiger charge is 2.21. The lowest BCUT2D eigenvalue weighted by atomic mass is 10.0. The second-order valence-corrected chi connectivity index (χ2v) is 8.94. The van der Waals surface area contributed by atoms with Gasteiger partial charge in [0.25, 0.3) is 0 Å². The van der Waals surface area contributed by atoms with Crippen molar-refractivity contribution in [1.29, 1.82) is 0 Å². The molecule has 0 unspecified atom stereocenters. The Bertz CT molecular complexity index is 1440. The van der Waals surface area contributed by atoms with Crippen LogP contribution in [0.5, 0.6) is 17.2 Å². The van der Waals surface area contributed by atoms with E-state index in [1.165, 1.54) is 4.68 Å². The molecule has 0 aliphatic rings. The normalized spacial score (nSPS) is 10.8. The van der Waals surface area contributed by atoms with Gasteiger partial charge in [0, 0.05) is 12.6 Å². The Morgan fingerprint density at radius 3 is 2.46 bits per heavy atom. The van der Waals surface area contributed by atoms with Crippen LogP contribution >= 0.6 is 0 Å². The van der Waals surface area contributed by atoms with Gasteiger partial charge in [-0.1, -0.05) is 66.4 Å². The Morgan fingerprint density at radius 1 is 1.00 bits per heavy atom. The molecule has 4 rings (SSSR count). The summed E-state index contributed by atoms with van der Waals surface area (Å²) in [5.74, 6) is 1.91. The van der Waals surface area contributed by atoms with Crippen molar-refractivity contribution in [2.45, 2.75) is 13.3 Å². The van der Waals surface area contributed by atoms with Gasteiger partial charge < -0.3 is 19.5 Å². The van der Waals surface area contributed by atoms with Crippen LogP contribution in [0.2, 0.25) is 0 Å². The van der Waals surface area contributed by atoms with Gasteiger partial charge in [-0.05, 0) is 53.8 Å². The lowest BCUT2D eigenvalue weighted by molar-refractivity contribution is 0.239. The van der Waals surface area contributed by atoms with Gasteiger partial charge in [0.15, 0.2) is 0 Å². The van der Waals surface area contributed by atoms with Gasteiger partial charge in [0.05, 0.1) is 26.0 Å². The fourth-order valence-corrected chi connectivity index (χ4v) is 3.95. The molecule has 4 aromatic rings. The molecule has 0 radical (unpaired) electrons. The lowest BCUT2D eigenvalue weighted by Crippen LogP contribution is -2.31. The molecular weight excluding hydrogens is 492 g/mol. The van der Waals surface area contributed by atoms with E-state index in [2.05, 4.69) is 22.2 Å². The molecule has 0 saturated carbocycles. The van der Waals surface area contributed by atoms with Gasteiger partial charge in [0.2, 0.25) is 0 Å². The van der Waals surface area contributed by atoms with E-state index in [0.717, 1.165) is 28.0 Å². The van der Waals surface area contributed by atoms with E-state index in [1.54, 1.807) is 26.5 Å². The van der Waals surface area contributed by atoms with Crippen molar-refractivity contribution in [3.8, 4) is 28.5 Å². The molecule has 8 nitrogen and oxygen atoms in total. The molecule has 1 amide bonds. The second kappa shape index (κ2) is 13.1. The number of benzene rings is 3. The summed E-state index contributed by atoms with van der Waals surface area (Å²) in [7, 11) is 3.17. The summed E-state index contributed by atoms with van der Waals surface area (Å²) >= 11 is 0. The quantitative estimate of drug-likeness (QED) is 0.195. The summed E-state index contributed by atoms with van der Waals surface area (Å²) in [5.41, 5.74) is 4.99. The molecule has 0 saturated heterocycles. The first-order chi connectivity index (χ1) is 19.0. The Hall–Kier alpha value is -4.85. The molecule has 0 bridgehead atoms. The maximum Gasteiger partial charge on any atom is 0.344 e. The molecule has 200 valence electrons. The summed E-state index contributed by atoms with van der Waals surface area (Å²) in [5, 5.41) is 11.0. The zero-order valence-corrected chi connectivity index (χ0v) is 22.4. The zero-order chi connectivity index (χ0) is 27.6. The van der Waals surface area contributed by atoms with E-state index < -0.39 is 0 Å². The average Bonchev–Trinajstić information content (AvgIpc) is 3.45. The molecule has 39 heavy (non-hydrogen) atoms. The van der Waals surface area contributed by atoms with Crippen LogP contribution in [0, 0.1) is 0 Å². The highest BCUT2D eigenvalue weighted by molar-refractivity contribution is 5.88. The third-order valence-corrected chi connectivity index (χ3v) is 5.91. The van der Waals surface area contributed by atoms with Crippen LogP contribution in [0.3, 0.4) is 0 Å². The van der Waals surface area contributed by atoms with Gasteiger partial charge in [0.1, 0.15) is 29.5 Å². The Labute approximate surface area is 228 Å². The molecule has 1 N–H and O–H groups in total. The van der Waals surface area contributed by atoms with Crippen molar-refractivity contribution < 1.29 is 19.0 Å². The maximum atomic E-state index is 13.1. The number of methoxy groups -OCH3 is 2. The van der Waals surface area contributed by atoms with Crippen molar-refractivity contribution in [1.82, 2.24) is 20.3 Å². The second-order valence-electron chi connectivity index (χ2n) is 8.94. The molecule has 0 atom stereocenters. The van der Waals surface area contributed by atoms with E-state index in [0.29, 0.717) is 42.3 Å². The molecule has 8 heteroatoms. The van der Waals surface area contributed by atoms with Gasteiger partial charge >= 0.3 is 6.03 Å². The first-order valence-electron chi connectivity index (χ1n) is 12.5. The zero-order valence-electron chi connectivity index (χ0n) is 22.4. The number of aromatic nitrogens is 3. The number of hydrogen-bond donors (Lipinski definition) is 1. The molecule has 1 heterocycles. The number of carbonyl (C=O) groups is 1.